The molecule has 0 saturated carbocycles. The predicted molar refractivity (Wildman–Crippen MR) is 49.8 cm³/mol. The van der Waals surface area contributed by atoms with E-state index in [1.54, 1.807) is 7.11 Å². The normalized spacial score (nSPS) is 8.85. The second-order valence-corrected chi connectivity index (χ2v) is 1.98. The van der Waals surface area contributed by atoms with Crippen LogP contribution in [0.2, 0.25) is 0 Å². The Balaban J connectivity index is 0. The monoisotopic (exact) mass is 193 g/mol. The Morgan fingerprint density at radius 3 is 2.54 bits per heavy atom. The van der Waals surface area contributed by atoms with Crippen LogP contribution in [0.4, 0.5) is 0 Å². The minimum Gasteiger partial charge on any atom is -0.400 e. The number of hydrogen-bond donors (Lipinski definition) is 2. The van der Waals surface area contributed by atoms with E-state index in [-0.39, 0.29) is 0 Å². The molecule has 0 aromatic heterocycles. The lowest BCUT2D eigenvalue weighted by Gasteiger charge is -2.02. The van der Waals surface area contributed by atoms with Crippen molar-refractivity contribution < 1.29 is 19.4 Å². The van der Waals surface area contributed by atoms with Crippen LogP contribution in [0, 0.1) is 0 Å². The molecule has 0 fully saturated rings. The van der Waals surface area contributed by atoms with Gasteiger partial charge in [-0.2, -0.15) is 0 Å². The van der Waals surface area contributed by atoms with E-state index in [4.69, 9.17) is 14.6 Å². The third kappa shape index (κ3) is 18.5. The van der Waals surface area contributed by atoms with Crippen LogP contribution in [0.5, 0.6) is 0 Å². The average Bonchev–Trinajstić information content (AvgIpc) is 2.20. The minimum absolute atomic E-state index is 0.396. The maximum atomic E-state index is 9.82. The number of aliphatic hydroxyl groups is 1. The lowest BCUT2D eigenvalue weighted by molar-refractivity contribution is -0.107. The average molecular weight is 193 g/mol. The first-order valence-corrected chi connectivity index (χ1v) is 4.07. The molecule has 0 aromatic rings. The second-order valence-electron chi connectivity index (χ2n) is 1.98. The van der Waals surface area contributed by atoms with Crippen molar-refractivity contribution in [3.63, 3.8) is 0 Å². The van der Waals surface area contributed by atoms with Crippen molar-refractivity contribution in [3.8, 4) is 0 Å². The molecule has 0 aromatic carbocycles. The molecule has 0 amide bonds. The molecule has 0 bridgehead atoms. The number of aldehydes is 1. The van der Waals surface area contributed by atoms with Gasteiger partial charge in [-0.15, -0.1) is 0 Å². The van der Waals surface area contributed by atoms with Crippen LogP contribution in [-0.4, -0.2) is 58.5 Å². The summed E-state index contributed by atoms with van der Waals surface area (Å²) in [5.74, 6) is 0. The number of carbonyl (C=O) groups excluding carboxylic acids is 1. The first-order valence-electron chi connectivity index (χ1n) is 4.07. The Morgan fingerprint density at radius 2 is 2.00 bits per heavy atom. The van der Waals surface area contributed by atoms with Crippen LogP contribution >= 0.6 is 0 Å². The molecule has 0 spiro atoms. The SMILES string of the molecule is CO.COCCOCCNCC=O. The van der Waals surface area contributed by atoms with E-state index < -0.39 is 0 Å². The molecule has 2 N–H and O–H groups in total. The molecule has 80 valence electrons. The van der Waals surface area contributed by atoms with Crippen LogP contribution in [0.25, 0.3) is 0 Å². The van der Waals surface area contributed by atoms with Crippen molar-refractivity contribution in [1.29, 1.82) is 0 Å². The molecule has 5 nitrogen and oxygen atoms in total. The van der Waals surface area contributed by atoms with Crippen molar-refractivity contribution in [2.75, 3.05) is 47.1 Å². The highest BCUT2D eigenvalue weighted by molar-refractivity contribution is 5.51. The summed E-state index contributed by atoms with van der Waals surface area (Å²) in [5, 5.41) is 9.88. The van der Waals surface area contributed by atoms with Crippen molar-refractivity contribution in [2.24, 2.45) is 0 Å². The number of carbonyl (C=O) groups is 1. The molecular weight excluding hydrogens is 174 g/mol. The molecule has 13 heavy (non-hydrogen) atoms. The van der Waals surface area contributed by atoms with Gasteiger partial charge in [-0.05, 0) is 0 Å². The van der Waals surface area contributed by atoms with Gasteiger partial charge in [-0.3, -0.25) is 0 Å². The largest absolute Gasteiger partial charge is 0.400 e. The van der Waals surface area contributed by atoms with Crippen molar-refractivity contribution >= 4 is 6.29 Å². The van der Waals surface area contributed by atoms with E-state index in [1.807, 2.05) is 0 Å². The van der Waals surface area contributed by atoms with E-state index in [2.05, 4.69) is 5.32 Å². The van der Waals surface area contributed by atoms with Crippen LogP contribution < -0.4 is 5.32 Å². The van der Waals surface area contributed by atoms with Crippen LogP contribution in [0.15, 0.2) is 0 Å². The summed E-state index contributed by atoms with van der Waals surface area (Å²) in [6, 6.07) is 0. The summed E-state index contributed by atoms with van der Waals surface area (Å²) < 4.78 is 9.89. The Bertz CT molecular complexity index is 90.2. The smallest absolute Gasteiger partial charge is 0.133 e. The molecule has 0 aliphatic carbocycles. The van der Waals surface area contributed by atoms with Crippen molar-refractivity contribution in [2.45, 2.75) is 0 Å². The Kier molecular flexibility index (Phi) is 20.3. The fraction of sp³-hybridized carbons (Fsp3) is 0.875. The molecule has 0 atom stereocenters. The van der Waals surface area contributed by atoms with Gasteiger partial charge in [0.15, 0.2) is 0 Å². The highest BCUT2D eigenvalue weighted by Crippen LogP contribution is 1.73. The Morgan fingerprint density at radius 1 is 1.31 bits per heavy atom. The summed E-state index contributed by atoms with van der Waals surface area (Å²) in [6.45, 7) is 2.96. The zero-order valence-corrected chi connectivity index (χ0v) is 8.28. The van der Waals surface area contributed by atoms with Gasteiger partial charge in [0.2, 0.25) is 0 Å². The summed E-state index contributed by atoms with van der Waals surface area (Å²) in [6.07, 6.45) is 0.829. The minimum atomic E-state index is 0.396. The van der Waals surface area contributed by atoms with E-state index >= 15 is 0 Å². The number of rotatable bonds is 8. The van der Waals surface area contributed by atoms with E-state index in [0.717, 1.165) is 13.4 Å². The number of methoxy groups -OCH3 is 1. The number of nitrogens with one attached hydrogen (secondary N) is 1. The van der Waals surface area contributed by atoms with Crippen molar-refractivity contribution in [1.82, 2.24) is 5.32 Å². The van der Waals surface area contributed by atoms with Gasteiger partial charge in [0.25, 0.3) is 0 Å². The summed E-state index contributed by atoms with van der Waals surface area (Å²) >= 11 is 0. The van der Waals surface area contributed by atoms with Gasteiger partial charge in [-0.1, -0.05) is 0 Å². The number of ether oxygens (including phenoxy) is 2. The molecule has 0 saturated heterocycles. The maximum Gasteiger partial charge on any atom is 0.133 e. The van der Waals surface area contributed by atoms with Gasteiger partial charge in [0, 0.05) is 20.8 Å². The first kappa shape index (κ1) is 15.0. The predicted octanol–water partition coefficient (Wildman–Crippen LogP) is -0.954. The van der Waals surface area contributed by atoms with Gasteiger partial charge in [-0.25, -0.2) is 0 Å². The summed E-state index contributed by atoms with van der Waals surface area (Å²) in [7, 11) is 2.63. The third-order valence-electron chi connectivity index (χ3n) is 1.08. The quantitative estimate of drug-likeness (QED) is 0.384. The van der Waals surface area contributed by atoms with Gasteiger partial charge in [0.1, 0.15) is 6.29 Å². The second kappa shape index (κ2) is 17.6. The lowest BCUT2D eigenvalue weighted by Crippen LogP contribution is -2.22. The zero-order valence-electron chi connectivity index (χ0n) is 8.28. The first-order chi connectivity index (χ1) is 6.41. The third-order valence-corrected chi connectivity index (χ3v) is 1.08. The Labute approximate surface area is 79.0 Å². The van der Waals surface area contributed by atoms with E-state index in [1.165, 1.54) is 0 Å². The van der Waals surface area contributed by atoms with Crippen LogP contribution in [0.1, 0.15) is 0 Å². The number of aliphatic hydroxyl groups excluding tert-OH is 1. The molecule has 0 aliphatic heterocycles. The van der Waals surface area contributed by atoms with Crippen molar-refractivity contribution in [3.05, 3.63) is 0 Å². The number of hydrogen-bond acceptors (Lipinski definition) is 5. The fourth-order valence-corrected chi connectivity index (χ4v) is 0.550. The summed E-state index contributed by atoms with van der Waals surface area (Å²) in [5.41, 5.74) is 0. The summed E-state index contributed by atoms with van der Waals surface area (Å²) in [4.78, 5) is 9.82. The van der Waals surface area contributed by atoms with Gasteiger partial charge >= 0.3 is 0 Å². The molecule has 0 heterocycles. The Hall–Kier alpha value is -0.490. The molecule has 0 radical (unpaired) electrons. The topological polar surface area (TPSA) is 67.8 Å². The van der Waals surface area contributed by atoms with Crippen LogP contribution in [0.3, 0.4) is 0 Å². The van der Waals surface area contributed by atoms with E-state index in [0.29, 0.717) is 32.9 Å². The zero-order chi connectivity index (χ0) is 10.4. The van der Waals surface area contributed by atoms with Gasteiger partial charge < -0.3 is 24.7 Å². The molecular formula is C8H19NO4. The standard InChI is InChI=1S/C7H15NO3.CH4O/c1-10-6-7-11-5-3-8-2-4-9;1-2/h4,8H,2-3,5-7H2,1H3;2H,1H3. The highest BCUT2D eigenvalue weighted by Gasteiger charge is 1.86. The molecule has 0 aliphatic rings. The fourth-order valence-electron chi connectivity index (χ4n) is 0.550. The van der Waals surface area contributed by atoms with Crippen LogP contribution in [-0.2, 0) is 14.3 Å². The lowest BCUT2D eigenvalue weighted by atomic mass is 10.6. The molecule has 0 unspecified atom stereocenters. The molecule has 0 rings (SSSR count). The van der Waals surface area contributed by atoms with E-state index in [9.17, 15) is 4.79 Å². The molecule has 5 heteroatoms. The highest BCUT2D eigenvalue weighted by atomic mass is 16.5. The van der Waals surface area contributed by atoms with Gasteiger partial charge in [0.05, 0.1) is 26.4 Å². The maximum absolute atomic E-state index is 9.82.